The minimum absolute atomic E-state index is 0.0790. The molecule has 0 saturated carbocycles. The van der Waals surface area contributed by atoms with Gasteiger partial charge in [-0.15, -0.1) is 0 Å². The number of benzene rings is 1. The third kappa shape index (κ3) is 5.71. The van der Waals surface area contributed by atoms with Crippen molar-refractivity contribution in [2.75, 3.05) is 7.11 Å². The summed E-state index contributed by atoms with van der Waals surface area (Å²) in [5.41, 5.74) is 16.0. The molecule has 1 aromatic carbocycles. The Balaban J connectivity index is 1.52. The first-order valence-electron chi connectivity index (χ1n) is 17.7. The van der Waals surface area contributed by atoms with Crippen LogP contribution in [0, 0.1) is 23.7 Å². The van der Waals surface area contributed by atoms with Crippen LogP contribution in [-0.4, -0.2) is 41.6 Å². The number of esters is 1. The summed E-state index contributed by atoms with van der Waals surface area (Å²) in [6.07, 6.45) is 7.68. The Hall–Kier alpha value is -5.55. The van der Waals surface area contributed by atoms with E-state index in [0.29, 0.717) is 18.4 Å². The maximum atomic E-state index is 12.5. The number of allylic oxidation sites excluding steroid dienone is 12. The average molecular weight is 679 g/mol. The molecule has 8 nitrogen and oxygen atoms in total. The fourth-order valence-corrected chi connectivity index (χ4v) is 8.04. The Kier molecular flexibility index (Phi) is 8.84. The molecule has 0 radical (unpaired) electrons. The summed E-state index contributed by atoms with van der Waals surface area (Å²) in [5.74, 6) is 6.71. The van der Waals surface area contributed by atoms with E-state index in [4.69, 9.17) is 19.7 Å². The van der Waals surface area contributed by atoms with Crippen molar-refractivity contribution < 1.29 is 19.4 Å². The van der Waals surface area contributed by atoms with E-state index in [2.05, 4.69) is 57.9 Å². The molecule has 8 heteroatoms. The topological polar surface area (TPSA) is 113 Å². The number of aliphatic imine (C=N–C) groups is 3. The predicted molar refractivity (Wildman–Crippen MR) is 201 cm³/mol. The zero-order valence-corrected chi connectivity index (χ0v) is 30.2. The van der Waals surface area contributed by atoms with Gasteiger partial charge in [0.25, 0.3) is 0 Å². The monoisotopic (exact) mass is 678 g/mol. The molecule has 7 rings (SSSR count). The number of nitrogens with zero attached hydrogens (tertiary/aromatic N) is 3. The van der Waals surface area contributed by atoms with Crippen LogP contribution in [0.1, 0.15) is 89.6 Å². The largest absolute Gasteiger partial charge is 0.511 e. The molecule has 1 aliphatic carbocycles. The molecule has 5 aliphatic heterocycles. The number of aliphatic hydroxyl groups excluding tert-OH is 1. The summed E-state index contributed by atoms with van der Waals surface area (Å²) in [6, 6.07) is 7.22. The van der Waals surface area contributed by atoms with Crippen LogP contribution in [0.4, 0.5) is 0 Å². The summed E-state index contributed by atoms with van der Waals surface area (Å²) >= 11 is 0. The highest BCUT2D eigenvalue weighted by molar-refractivity contribution is 6.22. The van der Waals surface area contributed by atoms with Gasteiger partial charge in [-0.1, -0.05) is 44.7 Å². The second-order valence-electron chi connectivity index (χ2n) is 13.7. The van der Waals surface area contributed by atoms with E-state index >= 15 is 0 Å². The van der Waals surface area contributed by atoms with Crippen LogP contribution < -0.4 is 5.32 Å². The summed E-state index contributed by atoms with van der Waals surface area (Å²) < 4.78 is 5.06. The summed E-state index contributed by atoms with van der Waals surface area (Å²) in [5, 5.41) is 15.2. The number of nitrogens with one attached hydrogen (secondary N) is 1. The van der Waals surface area contributed by atoms with Crippen molar-refractivity contribution >= 4 is 29.4 Å². The van der Waals surface area contributed by atoms with Crippen LogP contribution in [0.25, 0.3) is 0 Å². The maximum Gasteiger partial charge on any atom is 0.305 e. The maximum absolute atomic E-state index is 12.5. The highest BCUT2D eigenvalue weighted by atomic mass is 16.5. The Morgan fingerprint density at radius 1 is 0.941 bits per heavy atom. The number of rotatable bonds is 6. The van der Waals surface area contributed by atoms with Gasteiger partial charge in [0.1, 0.15) is 12.0 Å². The van der Waals surface area contributed by atoms with Crippen molar-refractivity contribution in [2.45, 2.75) is 73.6 Å². The minimum atomic E-state index is -0.272. The number of carbonyl (C=O) groups is 2. The van der Waals surface area contributed by atoms with E-state index < -0.39 is 0 Å². The predicted octanol–water partition coefficient (Wildman–Crippen LogP) is 8.26. The van der Waals surface area contributed by atoms with Crippen LogP contribution in [0.2, 0.25) is 0 Å². The third-order valence-electron chi connectivity index (χ3n) is 10.9. The van der Waals surface area contributed by atoms with Gasteiger partial charge in [-0.2, -0.15) is 0 Å². The molecule has 8 bridgehead atoms. The summed E-state index contributed by atoms with van der Waals surface area (Å²) in [7, 11) is 1.41. The second-order valence-corrected chi connectivity index (χ2v) is 13.7. The van der Waals surface area contributed by atoms with Gasteiger partial charge in [-0.05, 0) is 92.2 Å². The van der Waals surface area contributed by atoms with Gasteiger partial charge in [0.15, 0.2) is 0 Å². The highest BCUT2D eigenvalue weighted by Gasteiger charge is 2.42. The number of aldehydes is 1. The highest BCUT2D eigenvalue weighted by Crippen LogP contribution is 2.47. The van der Waals surface area contributed by atoms with Crippen molar-refractivity contribution in [2.24, 2.45) is 26.8 Å². The summed E-state index contributed by atoms with van der Waals surface area (Å²) in [6.45, 7) is 12.7. The lowest BCUT2D eigenvalue weighted by atomic mass is 9.84. The van der Waals surface area contributed by atoms with Crippen LogP contribution in [0.15, 0.2) is 130 Å². The number of fused-ring (bicyclic) bond motifs is 5. The molecule has 0 spiro atoms. The Bertz CT molecular complexity index is 2230. The number of hydrogen-bond donors (Lipinski definition) is 2. The molecule has 2 atom stereocenters. The van der Waals surface area contributed by atoms with Gasteiger partial charge in [-0.25, -0.2) is 15.0 Å². The molecule has 1 aromatic rings. The van der Waals surface area contributed by atoms with Gasteiger partial charge in [-0.3, -0.25) is 9.59 Å². The number of methoxy groups -OCH3 is 1. The fourth-order valence-electron chi connectivity index (χ4n) is 8.04. The van der Waals surface area contributed by atoms with Gasteiger partial charge in [0.05, 0.1) is 46.9 Å². The summed E-state index contributed by atoms with van der Waals surface area (Å²) in [4.78, 5) is 39.5. The van der Waals surface area contributed by atoms with Crippen LogP contribution in [0.3, 0.4) is 0 Å². The van der Waals surface area contributed by atoms with Gasteiger partial charge < -0.3 is 15.2 Å². The van der Waals surface area contributed by atoms with E-state index in [9.17, 15) is 14.7 Å². The number of hydrogen-bond acceptors (Lipinski definition) is 8. The van der Waals surface area contributed by atoms with Crippen LogP contribution in [-0.2, 0) is 9.53 Å². The SMILES string of the molecule is CCC1=C(C)C2=NC1=CC1=C(C)C3=C(O)CC(=C4NC(=C(C#Cc5ccc(C=O)cc5)C5=NC(=C2)C(CC)=C5C)[C@@H](C)[C@@H]4CCC(=O)OC)C3=N1. The van der Waals surface area contributed by atoms with Crippen molar-refractivity contribution in [3.63, 3.8) is 0 Å². The third-order valence-corrected chi connectivity index (χ3v) is 10.9. The quantitative estimate of drug-likeness (QED) is 0.179. The molecule has 0 unspecified atom stereocenters. The van der Waals surface area contributed by atoms with Crippen molar-refractivity contribution in [3.05, 3.63) is 126 Å². The van der Waals surface area contributed by atoms with E-state index in [1.807, 2.05) is 25.1 Å². The molecule has 0 amide bonds. The first-order valence-corrected chi connectivity index (χ1v) is 17.7. The van der Waals surface area contributed by atoms with E-state index in [-0.39, 0.29) is 30.0 Å². The van der Waals surface area contributed by atoms with Gasteiger partial charge in [0.2, 0.25) is 0 Å². The van der Waals surface area contributed by atoms with E-state index in [1.165, 1.54) is 7.11 Å². The van der Waals surface area contributed by atoms with Gasteiger partial charge >= 0.3 is 5.97 Å². The molecule has 51 heavy (non-hydrogen) atoms. The van der Waals surface area contributed by atoms with Crippen LogP contribution >= 0.6 is 0 Å². The number of carbonyl (C=O) groups excluding carboxylic acids is 2. The van der Waals surface area contributed by atoms with Crippen molar-refractivity contribution in [1.82, 2.24) is 5.32 Å². The molecular formula is C43H42N4O4. The first kappa shape index (κ1) is 33.9. The Morgan fingerprint density at radius 3 is 2.33 bits per heavy atom. The molecular weight excluding hydrogens is 636 g/mol. The Labute approximate surface area is 299 Å². The lowest BCUT2D eigenvalue weighted by Gasteiger charge is -2.17. The van der Waals surface area contributed by atoms with Crippen LogP contribution in [0.5, 0.6) is 0 Å². The number of aliphatic hydroxyl groups is 1. The van der Waals surface area contributed by atoms with Gasteiger partial charge in [0, 0.05) is 58.3 Å². The molecule has 1 saturated heterocycles. The molecule has 258 valence electrons. The van der Waals surface area contributed by atoms with Crippen molar-refractivity contribution in [1.29, 1.82) is 0 Å². The lowest BCUT2D eigenvalue weighted by molar-refractivity contribution is -0.140. The Morgan fingerprint density at radius 2 is 1.65 bits per heavy atom. The fraction of sp³-hybridized carbons (Fsp3) is 0.326. The second kappa shape index (κ2) is 13.3. The zero-order valence-electron chi connectivity index (χ0n) is 30.2. The van der Waals surface area contributed by atoms with E-state index in [0.717, 1.165) is 115 Å². The number of ether oxygens (including phenoxy) is 1. The first-order chi connectivity index (χ1) is 24.6. The normalized spacial score (nSPS) is 22.2. The van der Waals surface area contributed by atoms with Crippen molar-refractivity contribution in [3.8, 4) is 11.8 Å². The minimum Gasteiger partial charge on any atom is -0.511 e. The standard InChI is InChI=1S/C43H42N4O4/c1-8-28-22(3)33-19-36-29(9-2)23(4)40(46-36)31(15-14-26-10-12-27(21-48)13-11-26)41-24(5)30(16-17-38(50)51-7)42(47-41)32-18-37(49)39-25(6)34(45-43(32)39)20-35(28)44-33/h10-13,19-21,24,30,47,49H,8-9,16-18H2,1-7H3/t24-,30-/m0/s1. The molecule has 1 fully saturated rings. The van der Waals surface area contributed by atoms with E-state index in [1.54, 1.807) is 12.1 Å². The molecule has 5 heterocycles. The molecule has 2 N–H and O–H groups in total. The average Bonchev–Trinajstić information content (AvgIpc) is 3.89. The smallest absolute Gasteiger partial charge is 0.305 e. The molecule has 0 aromatic heterocycles. The lowest BCUT2D eigenvalue weighted by Crippen LogP contribution is -2.16. The molecule has 6 aliphatic rings. The zero-order chi connectivity index (χ0) is 36.1.